The summed E-state index contributed by atoms with van der Waals surface area (Å²) in [6, 6.07) is 6.53. The molecule has 0 amide bonds. The van der Waals surface area contributed by atoms with Crippen LogP contribution in [0.25, 0.3) is 0 Å². The van der Waals surface area contributed by atoms with Crippen molar-refractivity contribution in [1.82, 2.24) is 20.8 Å². The summed E-state index contributed by atoms with van der Waals surface area (Å²) in [5, 5.41) is 10.2. The van der Waals surface area contributed by atoms with Crippen LogP contribution in [-0.4, -0.2) is 36.2 Å². The first-order valence-electron chi connectivity index (χ1n) is 7.65. The molecule has 6 nitrogen and oxygen atoms in total. The van der Waals surface area contributed by atoms with Crippen LogP contribution >= 0.6 is 0 Å². The predicted molar refractivity (Wildman–Crippen MR) is 86.8 cm³/mol. The van der Waals surface area contributed by atoms with Crippen molar-refractivity contribution in [3.05, 3.63) is 47.4 Å². The van der Waals surface area contributed by atoms with Crippen LogP contribution in [0.5, 0.6) is 0 Å². The molecule has 1 aromatic heterocycles. The molecule has 0 saturated carbocycles. The van der Waals surface area contributed by atoms with Crippen LogP contribution < -0.4 is 10.6 Å². The molecule has 0 fully saturated rings. The van der Waals surface area contributed by atoms with Gasteiger partial charge in [0.05, 0.1) is 0 Å². The number of aromatic nitrogens is 2. The predicted octanol–water partition coefficient (Wildman–Crippen LogP) is 1.86. The number of guanidine groups is 1. The highest BCUT2D eigenvalue weighted by Crippen LogP contribution is 2.02. The van der Waals surface area contributed by atoms with E-state index in [4.69, 9.17) is 4.52 Å². The second-order valence-electron chi connectivity index (χ2n) is 5.14. The number of nitrogens with zero attached hydrogens (tertiary/aromatic N) is 3. The van der Waals surface area contributed by atoms with Crippen LogP contribution in [-0.2, 0) is 12.8 Å². The van der Waals surface area contributed by atoms with Crippen LogP contribution in [0.4, 0.5) is 4.39 Å². The molecule has 2 rings (SSSR count). The van der Waals surface area contributed by atoms with Crippen LogP contribution in [0.1, 0.15) is 23.7 Å². The summed E-state index contributed by atoms with van der Waals surface area (Å²) in [4.78, 5) is 8.32. The zero-order valence-electron chi connectivity index (χ0n) is 13.5. The lowest BCUT2D eigenvalue weighted by molar-refractivity contribution is 0.372. The second kappa shape index (κ2) is 8.87. The number of rotatable bonds is 7. The van der Waals surface area contributed by atoms with E-state index in [1.54, 1.807) is 26.1 Å². The summed E-state index contributed by atoms with van der Waals surface area (Å²) >= 11 is 0. The lowest BCUT2D eigenvalue weighted by atomic mass is 10.1. The Hall–Kier alpha value is -2.44. The third-order valence-electron chi connectivity index (χ3n) is 3.27. The van der Waals surface area contributed by atoms with E-state index in [1.807, 2.05) is 0 Å². The SMILES string of the molecule is CN=C(NCCCc1nc(C)no1)NCCc1ccc(F)cc1. The lowest BCUT2D eigenvalue weighted by Gasteiger charge is -2.11. The van der Waals surface area contributed by atoms with Crippen LogP contribution in [0, 0.1) is 12.7 Å². The molecular formula is C16H22FN5O. The van der Waals surface area contributed by atoms with E-state index in [9.17, 15) is 4.39 Å². The minimum atomic E-state index is -0.212. The topological polar surface area (TPSA) is 75.3 Å². The Morgan fingerprint density at radius 3 is 2.57 bits per heavy atom. The molecular weight excluding hydrogens is 297 g/mol. The Kier molecular flexibility index (Phi) is 6.53. The molecule has 1 heterocycles. The smallest absolute Gasteiger partial charge is 0.226 e. The number of benzene rings is 1. The van der Waals surface area contributed by atoms with E-state index >= 15 is 0 Å². The number of aliphatic imine (C=N–C) groups is 1. The van der Waals surface area contributed by atoms with E-state index in [0.29, 0.717) is 11.7 Å². The number of aryl methyl sites for hydroxylation is 2. The molecule has 0 radical (unpaired) electrons. The average molecular weight is 319 g/mol. The molecule has 2 N–H and O–H groups in total. The van der Waals surface area contributed by atoms with Gasteiger partial charge in [0.2, 0.25) is 5.89 Å². The number of halogens is 1. The van der Waals surface area contributed by atoms with E-state index in [-0.39, 0.29) is 5.82 Å². The fourth-order valence-electron chi connectivity index (χ4n) is 2.08. The van der Waals surface area contributed by atoms with E-state index in [1.165, 1.54) is 12.1 Å². The van der Waals surface area contributed by atoms with Crippen molar-refractivity contribution in [1.29, 1.82) is 0 Å². The molecule has 0 aliphatic carbocycles. The molecule has 0 spiro atoms. The molecule has 0 aliphatic rings. The molecule has 0 unspecified atom stereocenters. The standard InChI is InChI=1S/C16H22FN5O/c1-12-21-15(23-22-12)4-3-10-19-16(18-2)20-11-9-13-5-7-14(17)8-6-13/h5-8H,3-4,9-11H2,1-2H3,(H2,18,19,20). The fourth-order valence-corrected chi connectivity index (χ4v) is 2.08. The maximum absolute atomic E-state index is 12.8. The Labute approximate surface area is 135 Å². The molecule has 0 atom stereocenters. The van der Waals surface area contributed by atoms with Gasteiger partial charge in [-0.2, -0.15) is 4.98 Å². The molecule has 124 valence electrons. The Bertz CT molecular complexity index is 624. The van der Waals surface area contributed by atoms with Crippen molar-refractivity contribution < 1.29 is 8.91 Å². The number of hydrogen-bond donors (Lipinski definition) is 2. The van der Waals surface area contributed by atoms with E-state index in [2.05, 4.69) is 25.8 Å². The maximum atomic E-state index is 12.8. The van der Waals surface area contributed by atoms with Gasteiger partial charge in [0, 0.05) is 26.6 Å². The average Bonchev–Trinajstić information content (AvgIpc) is 2.97. The summed E-state index contributed by atoms with van der Waals surface area (Å²) in [5.74, 6) is 1.85. The highest BCUT2D eigenvalue weighted by molar-refractivity contribution is 5.79. The minimum absolute atomic E-state index is 0.212. The first kappa shape index (κ1) is 16.9. The van der Waals surface area contributed by atoms with Crippen LogP contribution in [0.2, 0.25) is 0 Å². The van der Waals surface area contributed by atoms with Crippen molar-refractivity contribution in [2.45, 2.75) is 26.2 Å². The highest BCUT2D eigenvalue weighted by Gasteiger charge is 2.03. The van der Waals surface area contributed by atoms with Crippen LogP contribution in [0.15, 0.2) is 33.8 Å². The molecule has 0 bridgehead atoms. The Balaban J connectivity index is 1.62. The van der Waals surface area contributed by atoms with Gasteiger partial charge in [-0.3, -0.25) is 4.99 Å². The summed E-state index contributed by atoms with van der Waals surface area (Å²) < 4.78 is 17.9. The number of hydrogen-bond acceptors (Lipinski definition) is 4. The van der Waals surface area contributed by atoms with Gasteiger partial charge < -0.3 is 15.2 Å². The highest BCUT2D eigenvalue weighted by atomic mass is 19.1. The monoisotopic (exact) mass is 319 g/mol. The van der Waals surface area contributed by atoms with Crippen molar-refractivity contribution in [3.8, 4) is 0 Å². The Morgan fingerprint density at radius 2 is 1.91 bits per heavy atom. The van der Waals surface area contributed by atoms with E-state index < -0.39 is 0 Å². The van der Waals surface area contributed by atoms with Crippen molar-refractivity contribution >= 4 is 5.96 Å². The molecule has 1 aromatic carbocycles. The minimum Gasteiger partial charge on any atom is -0.356 e. The largest absolute Gasteiger partial charge is 0.356 e. The van der Waals surface area contributed by atoms with Gasteiger partial charge in [-0.1, -0.05) is 17.3 Å². The molecule has 23 heavy (non-hydrogen) atoms. The molecule has 0 saturated heterocycles. The molecule has 2 aromatic rings. The molecule has 7 heteroatoms. The van der Waals surface area contributed by atoms with Gasteiger partial charge in [0.15, 0.2) is 11.8 Å². The van der Waals surface area contributed by atoms with Gasteiger partial charge in [-0.15, -0.1) is 0 Å². The van der Waals surface area contributed by atoms with Gasteiger partial charge in [-0.05, 0) is 37.5 Å². The first-order valence-corrected chi connectivity index (χ1v) is 7.65. The van der Waals surface area contributed by atoms with Gasteiger partial charge >= 0.3 is 0 Å². The van der Waals surface area contributed by atoms with Crippen molar-refractivity contribution in [2.24, 2.45) is 4.99 Å². The van der Waals surface area contributed by atoms with Gasteiger partial charge in [-0.25, -0.2) is 4.39 Å². The number of nitrogens with one attached hydrogen (secondary N) is 2. The van der Waals surface area contributed by atoms with Gasteiger partial charge in [0.25, 0.3) is 0 Å². The third kappa shape index (κ3) is 6.06. The lowest BCUT2D eigenvalue weighted by Crippen LogP contribution is -2.38. The second-order valence-corrected chi connectivity index (χ2v) is 5.14. The summed E-state index contributed by atoms with van der Waals surface area (Å²) in [6.45, 7) is 3.30. The fraction of sp³-hybridized carbons (Fsp3) is 0.438. The first-order chi connectivity index (χ1) is 11.2. The van der Waals surface area contributed by atoms with Crippen LogP contribution in [0.3, 0.4) is 0 Å². The summed E-state index contributed by atoms with van der Waals surface area (Å²) in [5.41, 5.74) is 1.08. The van der Waals surface area contributed by atoms with E-state index in [0.717, 1.165) is 43.9 Å². The zero-order valence-corrected chi connectivity index (χ0v) is 13.5. The van der Waals surface area contributed by atoms with Crippen molar-refractivity contribution in [3.63, 3.8) is 0 Å². The maximum Gasteiger partial charge on any atom is 0.226 e. The molecule has 0 aliphatic heterocycles. The Morgan fingerprint density at radius 1 is 1.17 bits per heavy atom. The normalized spacial score (nSPS) is 11.5. The van der Waals surface area contributed by atoms with Gasteiger partial charge in [0.1, 0.15) is 5.82 Å². The quantitative estimate of drug-likeness (QED) is 0.463. The summed E-state index contributed by atoms with van der Waals surface area (Å²) in [6.07, 6.45) is 2.42. The summed E-state index contributed by atoms with van der Waals surface area (Å²) in [7, 11) is 1.73. The van der Waals surface area contributed by atoms with Crippen molar-refractivity contribution in [2.75, 3.05) is 20.1 Å². The zero-order chi connectivity index (χ0) is 16.5. The third-order valence-corrected chi connectivity index (χ3v) is 3.27.